The Balaban J connectivity index is 1.11. The van der Waals surface area contributed by atoms with Gasteiger partial charge >= 0.3 is 0 Å². The Morgan fingerprint density at radius 3 is 2.40 bits per heavy atom. The molecular weight excluding hydrogens is 468 g/mol. The van der Waals surface area contributed by atoms with Crippen LogP contribution >= 0.6 is 11.6 Å². The van der Waals surface area contributed by atoms with Crippen LogP contribution in [0.15, 0.2) is 42.5 Å². The Bertz CT molecular complexity index is 1070. The summed E-state index contributed by atoms with van der Waals surface area (Å²) >= 11 is 6.13. The first-order valence-corrected chi connectivity index (χ1v) is 12.6. The maximum atomic E-state index is 13.2. The first kappa shape index (κ1) is 23.9. The minimum atomic E-state index is -0.0815. The summed E-state index contributed by atoms with van der Waals surface area (Å²) in [5.74, 6) is 1.62. The van der Waals surface area contributed by atoms with Gasteiger partial charge in [0, 0.05) is 32.7 Å². The Morgan fingerprint density at radius 2 is 1.63 bits per heavy atom. The molecule has 0 saturated carbocycles. The van der Waals surface area contributed by atoms with Crippen molar-refractivity contribution in [1.82, 2.24) is 14.7 Å². The molecule has 0 bridgehead atoms. The standard InChI is InChI=1S/C26H31ClN4O4/c27-20-4-1-2-5-21(20)28-25(32)17-29-10-12-30(13-11-29)18-26(33)31-9-3-6-22(31)19-7-8-23-24(16-19)35-15-14-34-23/h1-2,4-5,7-8,16,22H,3,6,9-15,17-18H2,(H,28,32). The number of amides is 2. The van der Waals surface area contributed by atoms with Crippen molar-refractivity contribution < 1.29 is 19.1 Å². The summed E-state index contributed by atoms with van der Waals surface area (Å²) in [5, 5.41) is 3.40. The molecule has 1 atom stereocenters. The number of carbonyl (C=O) groups excluding carboxylic acids is 2. The Labute approximate surface area is 210 Å². The second kappa shape index (κ2) is 10.8. The molecule has 8 nitrogen and oxygen atoms in total. The van der Waals surface area contributed by atoms with Gasteiger partial charge in [-0.15, -0.1) is 0 Å². The molecular formula is C26H31ClN4O4. The van der Waals surface area contributed by atoms with Crippen LogP contribution in [0.25, 0.3) is 0 Å². The molecule has 1 unspecified atom stereocenters. The summed E-state index contributed by atoms with van der Waals surface area (Å²) in [6, 6.07) is 13.3. The number of para-hydroxylation sites is 1. The van der Waals surface area contributed by atoms with E-state index in [1.807, 2.05) is 29.2 Å². The van der Waals surface area contributed by atoms with Crippen molar-refractivity contribution in [2.24, 2.45) is 0 Å². The van der Waals surface area contributed by atoms with Crippen molar-refractivity contribution in [2.75, 3.05) is 64.3 Å². The van der Waals surface area contributed by atoms with Gasteiger partial charge in [0.15, 0.2) is 11.5 Å². The van der Waals surface area contributed by atoms with Crippen LogP contribution in [0.2, 0.25) is 5.02 Å². The lowest BCUT2D eigenvalue weighted by atomic mass is 10.0. The summed E-state index contributed by atoms with van der Waals surface area (Å²) in [6.07, 6.45) is 1.96. The number of carbonyl (C=O) groups is 2. The van der Waals surface area contributed by atoms with Crippen molar-refractivity contribution in [1.29, 1.82) is 0 Å². The number of piperazine rings is 1. The number of nitrogens with zero attached hydrogens (tertiary/aromatic N) is 3. The van der Waals surface area contributed by atoms with Gasteiger partial charge in [0.1, 0.15) is 13.2 Å². The van der Waals surface area contributed by atoms with E-state index in [0.29, 0.717) is 37.0 Å². The summed E-state index contributed by atoms with van der Waals surface area (Å²) in [6.45, 7) is 5.62. The lowest BCUT2D eigenvalue weighted by molar-refractivity contribution is -0.134. The average molecular weight is 499 g/mol. The zero-order valence-electron chi connectivity index (χ0n) is 19.7. The van der Waals surface area contributed by atoms with Crippen LogP contribution < -0.4 is 14.8 Å². The van der Waals surface area contributed by atoms with Crippen LogP contribution in [-0.2, 0) is 9.59 Å². The molecule has 2 aromatic rings. The van der Waals surface area contributed by atoms with Gasteiger partial charge in [-0.2, -0.15) is 0 Å². The van der Waals surface area contributed by atoms with Crippen molar-refractivity contribution in [3.8, 4) is 11.5 Å². The molecule has 3 heterocycles. The van der Waals surface area contributed by atoms with E-state index in [4.69, 9.17) is 21.1 Å². The maximum absolute atomic E-state index is 13.2. The van der Waals surface area contributed by atoms with E-state index in [1.54, 1.807) is 12.1 Å². The van der Waals surface area contributed by atoms with Crippen LogP contribution in [0.3, 0.4) is 0 Å². The van der Waals surface area contributed by atoms with Crippen LogP contribution in [0.1, 0.15) is 24.4 Å². The Morgan fingerprint density at radius 1 is 0.914 bits per heavy atom. The third kappa shape index (κ3) is 5.72. The van der Waals surface area contributed by atoms with Crippen LogP contribution in [-0.4, -0.2) is 85.5 Å². The third-order valence-electron chi connectivity index (χ3n) is 6.86. The summed E-state index contributed by atoms with van der Waals surface area (Å²) in [4.78, 5) is 31.9. The average Bonchev–Trinajstić information content (AvgIpc) is 3.37. The molecule has 0 spiro atoms. The van der Waals surface area contributed by atoms with E-state index in [1.165, 1.54) is 0 Å². The van der Waals surface area contributed by atoms with Gasteiger partial charge in [-0.1, -0.05) is 29.8 Å². The van der Waals surface area contributed by atoms with E-state index in [9.17, 15) is 9.59 Å². The van der Waals surface area contributed by atoms with Gasteiger partial charge in [-0.05, 0) is 42.7 Å². The first-order chi connectivity index (χ1) is 17.1. The van der Waals surface area contributed by atoms with E-state index in [0.717, 1.165) is 62.6 Å². The van der Waals surface area contributed by atoms with Gasteiger partial charge in [-0.25, -0.2) is 0 Å². The number of halogens is 1. The van der Waals surface area contributed by atoms with Crippen molar-refractivity contribution >= 4 is 29.1 Å². The highest BCUT2D eigenvalue weighted by Crippen LogP contribution is 2.38. The van der Waals surface area contributed by atoms with Crippen LogP contribution in [0.4, 0.5) is 5.69 Å². The molecule has 9 heteroatoms. The minimum Gasteiger partial charge on any atom is -0.486 e. The largest absolute Gasteiger partial charge is 0.486 e. The first-order valence-electron chi connectivity index (χ1n) is 12.2. The Kier molecular flexibility index (Phi) is 7.41. The normalized spacial score (nSPS) is 20.6. The number of ether oxygens (including phenoxy) is 2. The lowest BCUT2D eigenvalue weighted by Gasteiger charge is -2.35. The minimum absolute atomic E-state index is 0.0770. The molecule has 1 N–H and O–H groups in total. The van der Waals surface area contributed by atoms with Gasteiger partial charge in [0.2, 0.25) is 11.8 Å². The SMILES string of the molecule is O=C(CN1CCN(CC(=O)N2CCCC2c2ccc3c(c2)OCCO3)CC1)Nc1ccccc1Cl. The molecule has 3 aliphatic rings. The highest BCUT2D eigenvalue weighted by Gasteiger charge is 2.32. The van der Waals surface area contributed by atoms with E-state index >= 15 is 0 Å². The van der Waals surface area contributed by atoms with Crippen molar-refractivity contribution in [2.45, 2.75) is 18.9 Å². The molecule has 2 fully saturated rings. The van der Waals surface area contributed by atoms with Gasteiger partial charge < -0.3 is 19.7 Å². The van der Waals surface area contributed by atoms with Crippen LogP contribution in [0, 0.1) is 0 Å². The quantitative estimate of drug-likeness (QED) is 0.660. The zero-order valence-corrected chi connectivity index (χ0v) is 20.5. The number of rotatable bonds is 6. The highest BCUT2D eigenvalue weighted by molar-refractivity contribution is 6.33. The van der Waals surface area contributed by atoms with Gasteiger partial charge in [-0.3, -0.25) is 19.4 Å². The predicted molar refractivity (Wildman–Crippen MR) is 134 cm³/mol. The molecule has 0 radical (unpaired) electrons. The number of likely N-dealkylation sites (tertiary alicyclic amines) is 1. The van der Waals surface area contributed by atoms with E-state index in [-0.39, 0.29) is 17.9 Å². The maximum Gasteiger partial charge on any atom is 0.238 e. The summed E-state index contributed by atoms with van der Waals surface area (Å²) in [7, 11) is 0. The second-order valence-electron chi connectivity index (χ2n) is 9.23. The summed E-state index contributed by atoms with van der Waals surface area (Å²) < 4.78 is 11.4. The molecule has 2 saturated heterocycles. The van der Waals surface area contributed by atoms with Gasteiger partial charge in [0.05, 0.1) is 29.8 Å². The number of hydrogen-bond donors (Lipinski definition) is 1. The fourth-order valence-corrected chi connectivity index (χ4v) is 5.21. The number of anilines is 1. The van der Waals surface area contributed by atoms with E-state index in [2.05, 4.69) is 21.2 Å². The fourth-order valence-electron chi connectivity index (χ4n) is 5.02. The second-order valence-corrected chi connectivity index (χ2v) is 9.64. The number of fused-ring (bicyclic) bond motifs is 1. The van der Waals surface area contributed by atoms with Crippen LogP contribution in [0.5, 0.6) is 11.5 Å². The number of hydrogen-bond acceptors (Lipinski definition) is 6. The summed E-state index contributed by atoms with van der Waals surface area (Å²) in [5.41, 5.74) is 1.73. The number of nitrogens with one attached hydrogen (secondary N) is 1. The highest BCUT2D eigenvalue weighted by atomic mass is 35.5. The molecule has 2 amide bonds. The molecule has 186 valence electrons. The van der Waals surface area contributed by atoms with E-state index < -0.39 is 0 Å². The molecule has 0 aliphatic carbocycles. The lowest BCUT2D eigenvalue weighted by Crippen LogP contribution is -2.51. The monoisotopic (exact) mass is 498 g/mol. The third-order valence-corrected chi connectivity index (χ3v) is 7.19. The van der Waals surface area contributed by atoms with Crippen molar-refractivity contribution in [3.63, 3.8) is 0 Å². The fraction of sp³-hybridized carbons (Fsp3) is 0.462. The number of benzene rings is 2. The Hall–Kier alpha value is -2.81. The molecule has 2 aromatic carbocycles. The van der Waals surface area contributed by atoms with Gasteiger partial charge in [0.25, 0.3) is 0 Å². The van der Waals surface area contributed by atoms with Crippen molar-refractivity contribution in [3.05, 3.63) is 53.1 Å². The predicted octanol–water partition coefficient (Wildman–Crippen LogP) is 3.03. The molecule has 3 aliphatic heterocycles. The molecule has 35 heavy (non-hydrogen) atoms. The smallest absolute Gasteiger partial charge is 0.238 e. The zero-order chi connectivity index (χ0) is 24.2. The topological polar surface area (TPSA) is 74.4 Å². The molecule has 0 aromatic heterocycles. The molecule has 5 rings (SSSR count).